The quantitative estimate of drug-likeness (QED) is 0.896. The smallest absolute Gasteiger partial charge is 0.258 e. The Kier molecular flexibility index (Phi) is 5.25. The number of rotatable bonds is 3. The molecule has 0 bridgehead atoms. The van der Waals surface area contributed by atoms with E-state index in [1.54, 1.807) is 12.4 Å². The molecule has 1 aromatic carbocycles. The van der Waals surface area contributed by atoms with E-state index in [2.05, 4.69) is 47.9 Å². The summed E-state index contributed by atoms with van der Waals surface area (Å²) in [7, 11) is 0. The van der Waals surface area contributed by atoms with Crippen LogP contribution in [0.1, 0.15) is 56.5 Å². The van der Waals surface area contributed by atoms with Crippen molar-refractivity contribution in [3.05, 3.63) is 47.8 Å². The second-order valence-corrected chi connectivity index (χ2v) is 8.22. The molecule has 3 rings (SSSR count). The van der Waals surface area contributed by atoms with Crippen LogP contribution in [0.15, 0.2) is 36.7 Å². The molecule has 26 heavy (non-hydrogen) atoms. The van der Waals surface area contributed by atoms with Gasteiger partial charge in [0, 0.05) is 31.2 Å². The minimum atomic E-state index is -0.188. The summed E-state index contributed by atoms with van der Waals surface area (Å²) < 4.78 is 0. The molecule has 5 nitrogen and oxygen atoms in total. The van der Waals surface area contributed by atoms with Gasteiger partial charge in [-0.05, 0) is 41.9 Å². The molecule has 2 heterocycles. The minimum Gasteiger partial charge on any atom is -0.341 e. The van der Waals surface area contributed by atoms with Gasteiger partial charge in [-0.2, -0.15) is 0 Å². The lowest BCUT2D eigenvalue weighted by atomic mass is 9.87. The number of hydrogen-bond donors (Lipinski definition) is 1. The number of carbonyl (C=O) groups excluding carboxylic acids is 1. The van der Waals surface area contributed by atoms with Gasteiger partial charge in [0.1, 0.15) is 0 Å². The third-order valence-electron chi connectivity index (χ3n) is 4.98. The Morgan fingerprint density at radius 1 is 1.08 bits per heavy atom. The van der Waals surface area contributed by atoms with Gasteiger partial charge < -0.3 is 10.2 Å². The second-order valence-electron chi connectivity index (χ2n) is 8.22. The topological polar surface area (TPSA) is 58.1 Å². The first-order valence-electron chi connectivity index (χ1n) is 9.32. The highest BCUT2D eigenvalue weighted by Crippen LogP contribution is 2.24. The van der Waals surface area contributed by atoms with Crippen LogP contribution < -0.4 is 10.2 Å². The number of benzene rings is 1. The number of anilines is 2. The zero-order valence-corrected chi connectivity index (χ0v) is 16.1. The lowest BCUT2D eigenvalue weighted by Gasteiger charge is -2.30. The van der Waals surface area contributed by atoms with Gasteiger partial charge in [-0.3, -0.25) is 4.79 Å². The maximum absolute atomic E-state index is 12.4. The first-order chi connectivity index (χ1) is 12.3. The van der Waals surface area contributed by atoms with E-state index in [4.69, 9.17) is 0 Å². The average Bonchev–Trinajstić information content (AvgIpc) is 2.62. The summed E-state index contributed by atoms with van der Waals surface area (Å²) >= 11 is 0. The van der Waals surface area contributed by atoms with E-state index in [1.165, 1.54) is 5.56 Å². The molecule has 2 aromatic rings. The number of nitrogens with zero attached hydrogens (tertiary/aromatic N) is 3. The summed E-state index contributed by atoms with van der Waals surface area (Å²) in [6.07, 6.45) is 5.55. The van der Waals surface area contributed by atoms with Gasteiger partial charge >= 0.3 is 0 Å². The first-order valence-corrected chi connectivity index (χ1v) is 9.32. The zero-order chi connectivity index (χ0) is 18.7. The van der Waals surface area contributed by atoms with Crippen LogP contribution in [0, 0.1) is 5.92 Å². The largest absolute Gasteiger partial charge is 0.341 e. The van der Waals surface area contributed by atoms with Crippen LogP contribution in [0.5, 0.6) is 0 Å². The zero-order valence-electron chi connectivity index (χ0n) is 16.1. The fourth-order valence-electron chi connectivity index (χ4n) is 3.07. The summed E-state index contributed by atoms with van der Waals surface area (Å²) in [5.74, 6) is 1.29. The standard InChI is InChI=1S/C21H28N4O/c1-15-9-11-25(12-10-15)20-22-13-16(14-23-20)19(26)24-18-7-5-17(6-8-18)21(2,3)4/h5-8,13-15H,9-12H2,1-4H3,(H,24,26). The molecule has 1 aromatic heterocycles. The van der Waals surface area contributed by atoms with Crippen LogP contribution in [0.3, 0.4) is 0 Å². The van der Waals surface area contributed by atoms with Crippen LogP contribution in [0.2, 0.25) is 0 Å². The summed E-state index contributed by atoms with van der Waals surface area (Å²) in [5, 5.41) is 2.91. The number of nitrogens with one attached hydrogen (secondary N) is 1. The maximum Gasteiger partial charge on any atom is 0.258 e. The van der Waals surface area contributed by atoms with Gasteiger partial charge in [-0.25, -0.2) is 9.97 Å². The minimum absolute atomic E-state index is 0.0957. The molecule has 1 amide bonds. The van der Waals surface area contributed by atoms with Crippen molar-refractivity contribution in [1.29, 1.82) is 0 Å². The van der Waals surface area contributed by atoms with Crippen molar-refractivity contribution in [1.82, 2.24) is 9.97 Å². The summed E-state index contributed by atoms with van der Waals surface area (Å²) in [6.45, 7) is 10.7. The number of carbonyl (C=O) groups is 1. The number of hydrogen-bond acceptors (Lipinski definition) is 4. The van der Waals surface area contributed by atoms with Crippen LogP contribution in [-0.4, -0.2) is 29.0 Å². The van der Waals surface area contributed by atoms with Gasteiger partial charge in [0.05, 0.1) is 5.56 Å². The monoisotopic (exact) mass is 352 g/mol. The van der Waals surface area contributed by atoms with E-state index in [0.717, 1.165) is 37.5 Å². The van der Waals surface area contributed by atoms with Crippen LogP contribution in [0.25, 0.3) is 0 Å². The number of piperidine rings is 1. The van der Waals surface area contributed by atoms with Crippen molar-refractivity contribution in [3.8, 4) is 0 Å². The Labute approximate surface area is 155 Å². The number of aromatic nitrogens is 2. The van der Waals surface area contributed by atoms with Crippen molar-refractivity contribution in [2.75, 3.05) is 23.3 Å². The fourth-order valence-corrected chi connectivity index (χ4v) is 3.07. The second kappa shape index (κ2) is 7.44. The summed E-state index contributed by atoms with van der Waals surface area (Å²) in [4.78, 5) is 23.4. The SMILES string of the molecule is CC1CCN(c2ncc(C(=O)Nc3ccc(C(C)(C)C)cc3)cn2)CC1. The van der Waals surface area contributed by atoms with Gasteiger partial charge in [-0.1, -0.05) is 39.8 Å². The molecule has 0 saturated carbocycles. The third-order valence-corrected chi connectivity index (χ3v) is 4.98. The predicted molar refractivity (Wildman–Crippen MR) is 106 cm³/mol. The van der Waals surface area contributed by atoms with Crippen molar-refractivity contribution >= 4 is 17.5 Å². The van der Waals surface area contributed by atoms with E-state index in [1.807, 2.05) is 24.3 Å². The normalized spacial score (nSPS) is 15.8. The summed E-state index contributed by atoms with van der Waals surface area (Å²) in [5.41, 5.74) is 2.58. The van der Waals surface area contributed by atoms with Gasteiger partial charge in [0.2, 0.25) is 5.95 Å². The maximum atomic E-state index is 12.4. The lowest BCUT2D eigenvalue weighted by molar-refractivity contribution is 0.102. The summed E-state index contributed by atoms with van der Waals surface area (Å²) in [6, 6.07) is 7.96. The molecule has 1 aliphatic heterocycles. The molecule has 5 heteroatoms. The van der Waals surface area contributed by atoms with Crippen molar-refractivity contribution in [2.24, 2.45) is 5.92 Å². The molecule has 1 aliphatic rings. The van der Waals surface area contributed by atoms with Gasteiger partial charge in [-0.15, -0.1) is 0 Å². The van der Waals surface area contributed by atoms with Crippen LogP contribution in [0.4, 0.5) is 11.6 Å². The Morgan fingerprint density at radius 2 is 1.65 bits per heavy atom. The molecule has 0 aliphatic carbocycles. The Morgan fingerprint density at radius 3 is 2.19 bits per heavy atom. The third kappa shape index (κ3) is 4.40. The van der Waals surface area contributed by atoms with Gasteiger partial charge in [0.25, 0.3) is 5.91 Å². The molecule has 0 atom stereocenters. The first kappa shape index (κ1) is 18.4. The molecule has 1 N–H and O–H groups in total. The van der Waals surface area contributed by atoms with E-state index >= 15 is 0 Å². The Balaban J connectivity index is 1.63. The predicted octanol–water partition coefficient (Wildman–Crippen LogP) is 4.26. The molecule has 0 unspecified atom stereocenters. The molecular formula is C21H28N4O. The van der Waals surface area contributed by atoms with E-state index in [-0.39, 0.29) is 11.3 Å². The number of amides is 1. The fraction of sp³-hybridized carbons (Fsp3) is 0.476. The molecule has 1 saturated heterocycles. The molecule has 1 fully saturated rings. The van der Waals surface area contributed by atoms with E-state index < -0.39 is 0 Å². The van der Waals surface area contributed by atoms with Crippen LogP contribution in [-0.2, 0) is 5.41 Å². The average molecular weight is 352 g/mol. The van der Waals surface area contributed by atoms with Crippen molar-refractivity contribution < 1.29 is 4.79 Å². The molecule has 0 spiro atoms. The highest BCUT2D eigenvalue weighted by Gasteiger charge is 2.18. The van der Waals surface area contributed by atoms with Crippen molar-refractivity contribution in [3.63, 3.8) is 0 Å². The van der Waals surface area contributed by atoms with Crippen LogP contribution >= 0.6 is 0 Å². The Bertz CT molecular complexity index is 739. The Hall–Kier alpha value is -2.43. The highest BCUT2D eigenvalue weighted by atomic mass is 16.1. The molecular weight excluding hydrogens is 324 g/mol. The molecule has 138 valence electrons. The van der Waals surface area contributed by atoms with Gasteiger partial charge in [0.15, 0.2) is 0 Å². The van der Waals surface area contributed by atoms with E-state index in [0.29, 0.717) is 11.5 Å². The lowest BCUT2D eigenvalue weighted by Crippen LogP contribution is -2.34. The highest BCUT2D eigenvalue weighted by molar-refractivity contribution is 6.03. The van der Waals surface area contributed by atoms with Crippen molar-refractivity contribution in [2.45, 2.75) is 46.0 Å². The van der Waals surface area contributed by atoms with E-state index in [9.17, 15) is 4.79 Å². The molecule has 0 radical (unpaired) electrons.